The second-order valence-corrected chi connectivity index (χ2v) is 7.13. The minimum absolute atomic E-state index is 0.0954. The van der Waals surface area contributed by atoms with Crippen molar-refractivity contribution in [1.82, 2.24) is 4.90 Å². The first-order chi connectivity index (χ1) is 9.90. The number of amides is 1. The number of carbonyl (C=O) groups excluding carboxylic acids is 1. The number of benzene rings is 1. The maximum atomic E-state index is 12.3. The lowest BCUT2D eigenvalue weighted by molar-refractivity contribution is -0.140. The monoisotopic (exact) mass is 286 g/mol. The molecule has 113 valence electrons. The molecule has 1 aliphatic heterocycles. The molecule has 1 aromatic carbocycles. The maximum absolute atomic E-state index is 12.3. The average molecular weight is 286 g/mol. The highest BCUT2D eigenvalue weighted by Crippen LogP contribution is 2.47. The summed E-state index contributed by atoms with van der Waals surface area (Å²) >= 11 is 0. The summed E-state index contributed by atoms with van der Waals surface area (Å²) in [5.41, 5.74) is 1.49. The van der Waals surface area contributed by atoms with Gasteiger partial charge < -0.3 is 10.0 Å². The van der Waals surface area contributed by atoms with Gasteiger partial charge in [0.05, 0.1) is 5.60 Å². The number of hydrogen-bond acceptors (Lipinski definition) is 2. The zero-order valence-corrected chi connectivity index (χ0v) is 13.0. The fourth-order valence-corrected chi connectivity index (χ4v) is 3.22. The molecule has 2 fully saturated rings. The van der Waals surface area contributed by atoms with E-state index in [2.05, 4.69) is 19.1 Å². The van der Waals surface area contributed by atoms with E-state index in [1.54, 1.807) is 0 Å². The highest BCUT2D eigenvalue weighted by molar-refractivity contribution is 5.85. The van der Waals surface area contributed by atoms with Crippen LogP contribution in [0.3, 0.4) is 0 Å². The lowest BCUT2D eigenvalue weighted by atomic mass is 9.84. The van der Waals surface area contributed by atoms with E-state index in [1.807, 2.05) is 24.0 Å². The topological polar surface area (TPSA) is 40.5 Å². The van der Waals surface area contributed by atoms with Crippen LogP contribution in [0.15, 0.2) is 18.2 Å². The largest absolute Gasteiger partial charge is 0.389 e. The van der Waals surface area contributed by atoms with Gasteiger partial charge in [-0.05, 0) is 49.8 Å². The van der Waals surface area contributed by atoms with Crippen molar-refractivity contribution >= 4 is 5.91 Å². The lowest BCUT2D eigenvalue weighted by Gasteiger charge is -2.39. The van der Waals surface area contributed by atoms with Crippen molar-refractivity contribution in [1.29, 1.82) is 0 Å². The molecule has 0 spiro atoms. The third kappa shape index (κ3) is 3.13. The zero-order valence-electron chi connectivity index (χ0n) is 13.0. The van der Waals surface area contributed by atoms with Crippen molar-refractivity contribution in [3.63, 3.8) is 0 Å². The second kappa shape index (κ2) is 5.13. The molecule has 1 aromatic rings. The fourth-order valence-electron chi connectivity index (χ4n) is 3.22. The summed E-state index contributed by atoms with van der Waals surface area (Å²) in [6.07, 6.45) is 4.06. The summed E-state index contributed by atoms with van der Waals surface area (Å²) < 4.78 is 0. The molecule has 2 aliphatic rings. The van der Waals surface area contributed by atoms with Gasteiger partial charge >= 0.3 is 0 Å². The molecule has 1 heterocycles. The molecule has 0 atom stereocenters. The molecule has 1 aliphatic carbocycles. The Balaban J connectivity index is 1.60. The Morgan fingerprint density at radius 1 is 1.33 bits per heavy atom. The number of aliphatic hydroxyl groups is 1. The van der Waals surface area contributed by atoms with E-state index in [0.717, 1.165) is 24.0 Å². The van der Waals surface area contributed by atoms with Gasteiger partial charge in [0.2, 0.25) is 5.91 Å². The summed E-state index contributed by atoms with van der Waals surface area (Å²) in [6, 6.07) is 9.16. The smallest absolute Gasteiger partial charge is 0.228 e. The average Bonchev–Trinajstić information content (AvgIpc) is 3.18. The number of carbonyl (C=O) groups is 1. The van der Waals surface area contributed by atoms with Gasteiger partial charge in [0.15, 0.2) is 0 Å². The summed E-state index contributed by atoms with van der Waals surface area (Å²) in [7, 11) is 0. The van der Waals surface area contributed by atoms with Gasteiger partial charge in [-0.2, -0.15) is 0 Å². The molecule has 1 radical (unpaired) electrons. The Labute approximate surface area is 127 Å². The quantitative estimate of drug-likeness (QED) is 0.927. The Hall–Kier alpha value is -1.35. The summed E-state index contributed by atoms with van der Waals surface area (Å²) in [5.74, 6) is 0.287. The second-order valence-electron chi connectivity index (χ2n) is 7.13. The van der Waals surface area contributed by atoms with Gasteiger partial charge in [-0.15, -0.1) is 0 Å². The third-order valence-corrected chi connectivity index (χ3v) is 5.04. The molecule has 3 rings (SSSR count). The molecule has 1 N–H and O–H groups in total. The Kier molecular flexibility index (Phi) is 3.56. The van der Waals surface area contributed by atoms with Crippen LogP contribution in [0.4, 0.5) is 0 Å². The minimum Gasteiger partial charge on any atom is -0.389 e. The lowest BCUT2D eigenvalue weighted by Crippen LogP contribution is -2.49. The van der Waals surface area contributed by atoms with Crippen LogP contribution < -0.4 is 0 Å². The van der Waals surface area contributed by atoms with Crippen molar-refractivity contribution in [2.45, 2.75) is 51.6 Å². The van der Waals surface area contributed by atoms with Crippen LogP contribution in [0.1, 0.15) is 43.7 Å². The molecule has 0 bridgehead atoms. The number of rotatable bonds is 3. The van der Waals surface area contributed by atoms with Gasteiger partial charge in [0, 0.05) is 24.9 Å². The van der Waals surface area contributed by atoms with E-state index in [9.17, 15) is 9.90 Å². The van der Waals surface area contributed by atoms with Gasteiger partial charge in [-0.1, -0.05) is 25.1 Å². The van der Waals surface area contributed by atoms with Crippen molar-refractivity contribution in [2.24, 2.45) is 5.41 Å². The van der Waals surface area contributed by atoms with Crippen molar-refractivity contribution in [2.75, 3.05) is 13.1 Å². The Bertz CT molecular complexity index is 540. The first-order valence-corrected chi connectivity index (χ1v) is 7.89. The number of piperidine rings is 1. The van der Waals surface area contributed by atoms with Crippen LogP contribution >= 0.6 is 0 Å². The molecule has 21 heavy (non-hydrogen) atoms. The molecule has 3 heteroatoms. The van der Waals surface area contributed by atoms with Crippen LogP contribution in [0.2, 0.25) is 0 Å². The molecule has 1 saturated heterocycles. The SMILES string of the molecule is Cc1[c]ccc(CC2(O)CCN(C(=O)C3(C)CC3)CC2)c1. The van der Waals surface area contributed by atoms with Gasteiger partial charge in [-0.3, -0.25) is 4.79 Å². The first kappa shape index (κ1) is 14.6. The van der Waals surface area contributed by atoms with Crippen LogP contribution in [-0.4, -0.2) is 34.6 Å². The van der Waals surface area contributed by atoms with Gasteiger partial charge in [0.25, 0.3) is 0 Å². The van der Waals surface area contributed by atoms with Crippen LogP contribution in [0.5, 0.6) is 0 Å². The van der Waals surface area contributed by atoms with E-state index in [-0.39, 0.29) is 11.3 Å². The predicted molar refractivity (Wildman–Crippen MR) is 81.8 cm³/mol. The standard InChI is InChI=1S/C18H24NO2/c1-14-4-3-5-15(12-14)13-18(21)8-10-19(11-9-18)16(20)17(2)6-7-17/h3,5,12,21H,6-11,13H2,1-2H3. The number of aryl methyl sites for hydroxylation is 1. The highest BCUT2D eigenvalue weighted by atomic mass is 16.3. The maximum Gasteiger partial charge on any atom is 0.228 e. The van der Waals surface area contributed by atoms with Crippen LogP contribution in [0.25, 0.3) is 0 Å². The molecule has 3 nitrogen and oxygen atoms in total. The Morgan fingerprint density at radius 2 is 2.00 bits per heavy atom. The molecule has 1 saturated carbocycles. The summed E-state index contributed by atoms with van der Waals surface area (Å²) in [6.45, 7) is 5.44. The Morgan fingerprint density at radius 3 is 2.57 bits per heavy atom. The van der Waals surface area contributed by atoms with Crippen molar-refractivity contribution in [3.8, 4) is 0 Å². The molecule has 1 amide bonds. The van der Waals surface area contributed by atoms with E-state index in [1.165, 1.54) is 0 Å². The van der Waals surface area contributed by atoms with E-state index in [4.69, 9.17) is 0 Å². The number of likely N-dealkylation sites (tertiary alicyclic amines) is 1. The molecular formula is C18H24NO2. The fraction of sp³-hybridized carbons (Fsp3) is 0.611. The van der Waals surface area contributed by atoms with Gasteiger partial charge in [-0.25, -0.2) is 0 Å². The van der Waals surface area contributed by atoms with E-state index < -0.39 is 5.60 Å². The number of hydrogen-bond donors (Lipinski definition) is 1. The minimum atomic E-state index is -0.672. The first-order valence-electron chi connectivity index (χ1n) is 7.89. The predicted octanol–water partition coefficient (Wildman–Crippen LogP) is 2.49. The number of nitrogens with zero attached hydrogens (tertiary/aromatic N) is 1. The van der Waals surface area contributed by atoms with E-state index in [0.29, 0.717) is 32.4 Å². The summed E-state index contributed by atoms with van der Waals surface area (Å²) in [4.78, 5) is 14.3. The molecule has 0 unspecified atom stereocenters. The van der Waals surface area contributed by atoms with Crippen molar-refractivity contribution in [3.05, 3.63) is 35.4 Å². The van der Waals surface area contributed by atoms with Gasteiger partial charge in [0.1, 0.15) is 0 Å². The normalized spacial score (nSPS) is 22.9. The van der Waals surface area contributed by atoms with Crippen LogP contribution in [0, 0.1) is 18.4 Å². The summed E-state index contributed by atoms with van der Waals surface area (Å²) in [5, 5.41) is 10.8. The van der Waals surface area contributed by atoms with Crippen LogP contribution in [-0.2, 0) is 11.2 Å². The zero-order chi connectivity index (χ0) is 15.1. The third-order valence-electron chi connectivity index (χ3n) is 5.04. The van der Waals surface area contributed by atoms with E-state index >= 15 is 0 Å². The highest BCUT2D eigenvalue weighted by Gasteiger charge is 2.48. The van der Waals surface area contributed by atoms with Crippen molar-refractivity contribution < 1.29 is 9.90 Å². The molecular weight excluding hydrogens is 262 g/mol. The molecule has 0 aromatic heterocycles.